The van der Waals surface area contributed by atoms with Gasteiger partial charge in [0.15, 0.2) is 0 Å². The van der Waals surface area contributed by atoms with E-state index in [0.29, 0.717) is 6.42 Å². The van der Waals surface area contributed by atoms with Crippen molar-refractivity contribution in [2.45, 2.75) is 109 Å². The first kappa shape index (κ1) is 21.1. The monoisotopic (exact) mass is 408 g/mol. The van der Waals surface area contributed by atoms with Crippen LogP contribution >= 0.6 is 0 Å². The minimum atomic E-state index is -0.411. The summed E-state index contributed by atoms with van der Waals surface area (Å²) in [5.74, 6) is -0.577. The first-order chi connectivity index (χ1) is 13.5. The van der Waals surface area contributed by atoms with Gasteiger partial charge in [-0.3, -0.25) is 9.59 Å². The van der Waals surface area contributed by atoms with Crippen molar-refractivity contribution in [1.29, 1.82) is 0 Å². The van der Waals surface area contributed by atoms with Crippen molar-refractivity contribution in [3.8, 4) is 0 Å². The highest BCUT2D eigenvalue weighted by atomic mass is 16.6. The van der Waals surface area contributed by atoms with Crippen LogP contribution in [0.1, 0.15) is 79.6 Å². The van der Waals surface area contributed by atoms with Crippen LogP contribution in [-0.2, 0) is 28.5 Å². The molecule has 7 atom stereocenters. The summed E-state index contributed by atoms with van der Waals surface area (Å²) in [6.45, 7) is 10.7. The zero-order valence-corrected chi connectivity index (χ0v) is 18.5. The fraction of sp³-hybridized carbons (Fsp3) is 0.913. The molecule has 2 aliphatic heterocycles. The van der Waals surface area contributed by atoms with Crippen LogP contribution in [0.3, 0.4) is 0 Å². The summed E-state index contributed by atoms with van der Waals surface area (Å²) in [5.41, 5.74) is -0.0580. The van der Waals surface area contributed by atoms with E-state index in [-0.39, 0.29) is 59.2 Å². The lowest BCUT2D eigenvalue weighted by Crippen LogP contribution is -2.35. The standard InChI is InChI=1S/C23H36O6/c1-21(2,3)12-16(27-20(25)15-7-9-23(5)18(11-15)29-23)13-26-19(24)14-6-8-22(4)17(10-14)28-22/h14-18H,6-13H2,1-5H3. The third kappa shape index (κ3) is 4.79. The van der Waals surface area contributed by atoms with E-state index in [0.717, 1.165) is 38.5 Å². The Labute approximate surface area is 174 Å². The second-order valence-electron chi connectivity index (χ2n) is 11.2. The Morgan fingerprint density at radius 3 is 1.97 bits per heavy atom. The van der Waals surface area contributed by atoms with Crippen LogP contribution in [-0.4, -0.2) is 48.1 Å². The number of hydrogen-bond acceptors (Lipinski definition) is 6. The fourth-order valence-electron chi connectivity index (χ4n) is 5.09. The first-order valence-corrected chi connectivity index (χ1v) is 11.2. The molecule has 0 amide bonds. The summed E-state index contributed by atoms with van der Waals surface area (Å²) in [4.78, 5) is 25.3. The van der Waals surface area contributed by atoms with Crippen molar-refractivity contribution in [1.82, 2.24) is 0 Å². The van der Waals surface area contributed by atoms with Crippen LogP contribution in [0.2, 0.25) is 0 Å². The molecule has 2 saturated heterocycles. The van der Waals surface area contributed by atoms with Crippen LogP contribution in [0.25, 0.3) is 0 Å². The zero-order chi connectivity index (χ0) is 21.0. The molecular formula is C23H36O6. The average molecular weight is 409 g/mol. The maximum absolute atomic E-state index is 12.8. The number of fused-ring (bicyclic) bond motifs is 2. The molecule has 4 rings (SSSR count). The van der Waals surface area contributed by atoms with E-state index in [2.05, 4.69) is 34.6 Å². The van der Waals surface area contributed by atoms with E-state index in [1.165, 1.54) is 0 Å². The molecule has 2 heterocycles. The second kappa shape index (κ2) is 7.23. The second-order valence-corrected chi connectivity index (χ2v) is 11.2. The van der Waals surface area contributed by atoms with Crippen LogP contribution < -0.4 is 0 Å². The summed E-state index contributed by atoms with van der Waals surface area (Å²) < 4.78 is 22.9. The molecule has 4 aliphatic rings. The maximum Gasteiger partial charge on any atom is 0.309 e. The predicted molar refractivity (Wildman–Crippen MR) is 106 cm³/mol. The Hall–Kier alpha value is -1.14. The largest absolute Gasteiger partial charge is 0.462 e. The molecular weight excluding hydrogens is 372 g/mol. The minimum absolute atomic E-state index is 0.0115. The van der Waals surface area contributed by atoms with Gasteiger partial charge >= 0.3 is 11.9 Å². The van der Waals surface area contributed by atoms with E-state index in [9.17, 15) is 9.59 Å². The number of rotatable bonds is 6. The molecule has 6 heteroatoms. The van der Waals surface area contributed by atoms with Crippen molar-refractivity contribution in [2.75, 3.05) is 6.61 Å². The molecule has 6 nitrogen and oxygen atoms in total. The van der Waals surface area contributed by atoms with Gasteiger partial charge in [0.2, 0.25) is 0 Å². The van der Waals surface area contributed by atoms with Crippen LogP contribution in [0.5, 0.6) is 0 Å². The van der Waals surface area contributed by atoms with Gasteiger partial charge in [0, 0.05) is 0 Å². The van der Waals surface area contributed by atoms with Gasteiger partial charge in [-0.1, -0.05) is 20.8 Å². The number of hydrogen-bond donors (Lipinski definition) is 0. The van der Waals surface area contributed by atoms with E-state index >= 15 is 0 Å². The number of epoxide rings is 2. The number of carbonyl (C=O) groups is 2. The quantitative estimate of drug-likeness (QED) is 0.491. The molecule has 0 N–H and O–H groups in total. The van der Waals surface area contributed by atoms with Gasteiger partial charge in [0.25, 0.3) is 0 Å². The summed E-state index contributed by atoms with van der Waals surface area (Å²) >= 11 is 0. The van der Waals surface area contributed by atoms with Crippen molar-refractivity contribution in [2.24, 2.45) is 17.3 Å². The average Bonchev–Trinajstić information content (AvgIpc) is 3.49. The molecule has 7 unspecified atom stereocenters. The summed E-state index contributed by atoms with van der Waals surface area (Å²) in [7, 11) is 0. The van der Waals surface area contributed by atoms with Crippen LogP contribution in [0.4, 0.5) is 0 Å². The highest BCUT2D eigenvalue weighted by Crippen LogP contribution is 2.50. The van der Waals surface area contributed by atoms with E-state index in [4.69, 9.17) is 18.9 Å². The van der Waals surface area contributed by atoms with Gasteiger partial charge in [0.05, 0.1) is 35.2 Å². The van der Waals surface area contributed by atoms with Gasteiger partial charge in [-0.15, -0.1) is 0 Å². The van der Waals surface area contributed by atoms with Gasteiger partial charge < -0.3 is 18.9 Å². The first-order valence-electron chi connectivity index (χ1n) is 11.2. The van der Waals surface area contributed by atoms with Crippen molar-refractivity contribution in [3.63, 3.8) is 0 Å². The van der Waals surface area contributed by atoms with Crippen molar-refractivity contribution >= 4 is 11.9 Å². The molecule has 29 heavy (non-hydrogen) atoms. The lowest BCUT2D eigenvalue weighted by molar-refractivity contribution is -0.167. The maximum atomic E-state index is 12.8. The van der Waals surface area contributed by atoms with E-state index < -0.39 is 6.10 Å². The van der Waals surface area contributed by atoms with Crippen molar-refractivity contribution in [3.05, 3.63) is 0 Å². The minimum Gasteiger partial charge on any atom is -0.462 e. The van der Waals surface area contributed by atoms with Crippen LogP contribution in [0.15, 0.2) is 0 Å². The van der Waals surface area contributed by atoms with Crippen molar-refractivity contribution < 1.29 is 28.5 Å². The molecule has 2 aliphatic carbocycles. The highest BCUT2D eigenvalue weighted by molar-refractivity contribution is 5.74. The molecule has 0 spiro atoms. The summed E-state index contributed by atoms with van der Waals surface area (Å²) in [5, 5.41) is 0. The SMILES string of the molecule is CC(C)(C)CC(COC(=O)C1CCC2(C)OC2C1)OC(=O)C1CCC2(C)OC2C1. The Kier molecular flexibility index (Phi) is 5.26. The number of esters is 2. The zero-order valence-electron chi connectivity index (χ0n) is 18.5. The highest BCUT2D eigenvalue weighted by Gasteiger charge is 2.57. The van der Waals surface area contributed by atoms with E-state index in [1.54, 1.807) is 0 Å². The Morgan fingerprint density at radius 2 is 1.48 bits per heavy atom. The molecule has 2 saturated carbocycles. The lowest BCUT2D eigenvalue weighted by Gasteiger charge is -2.29. The Balaban J connectivity index is 1.28. The molecule has 164 valence electrons. The Bertz CT molecular complexity index is 669. The van der Waals surface area contributed by atoms with Gasteiger partial charge in [-0.25, -0.2) is 0 Å². The normalized spacial score (nSPS) is 41.6. The van der Waals surface area contributed by atoms with Gasteiger partial charge in [-0.2, -0.15) is 0 Å². The van der Waals surface area contributed by atoms with Gasteiger partial charge in [0.1, 0.15) is 12.7 Å². The smallest absolute Gasteiger partial charge is 0.309 e. The molecule has 0 radical (unpaired) electrons. The number of carbonyl (C=O) groups excluding carboxylic acids is 2. The fourth-order valence-corrected chi connectivity index (χ4v) is 5.09. The molecule has 4 fully saturated rings. The Morgan fingerprint density at radius 1 is 0.966 bits per heavy atom. The topological polar surface area (TPSA) is 77.7 Å². The summed E-state index contributed by atoms with van der Waals surface area (Å²) in [6, 6.07) is 0. The lowest BCUT2D eigenvalue weighted by atomic mass is 9.83. The molecule has 0 aromatic rings. The van der Waals surface area contributed by atoms with Crippen LogP contribution in [0, 0.1) is 17.3 Å². The third-order valence-electron chi connectivity index (χ3n) is 7.25. The molecule has 0 aromatic carbocycles. The molecule has 0 bridgehead atoms. The predicted octanol–water partition coefficient (Wildman–Crippen LogP) is 3.79. The molecule has 0 aromatic heterocycles. The van der Waals surface area contributed by atoms with Gasteiger partial charge in [-0.05, 0) is 64.2 Å². The van der Waals surface area contributed by atoms with E-state index in [1.807, 2.05) is 0 Å². The third-order valence-corrected chi connectivity index (χ3v) is 7.25. The number of ether oxygens (including phenoxy) is 4. The summed E-state index contributed by atoms with van der Waals surface area (Å²) in [6.07, 6.45) is 5.51.